The third-order valence-corrected chi connectivity index (χ3v) is 1.71. The Bertz CT molecular complexity index is 161. The molecule has 0 bridgehead atoms. The minimum absolute atomic E-state index is 1.09. The van der Waals surface area contributed by atoms with Crippen LogP contribution in [-0.4, -0.2) is 0 Å². The van der Waals surface area contributed by atoms with Crippen LogP contribution in [0.2, 0.25) is 0 Å². The van der Waals surface area contributed by atoms with Crippen LogP contribution in [0.5, 0.6) is 0 Å². The highest BCUT2D eigenvalue weighted by Gasteiger charge is 1.82. The van der Waals surface area contributed by atoms with Crippen LogP contribution in [0.25, 0.3) is 0 Å². The average Bonchev–Trinajstić information content (AvgIpc) is 2.08. The van der Waals surface area contributed by atoms with Crippen molar-refractivity contribution < 1.29 is 0 Å². The van der Waals surface area contributed by atoms with Gasteiger partial charge in [-0.15, -0.1) is 0 Å². The monoisotopic (exact) mass is 147 g/mol. The maximum Gasteiger partial charge on any atom is -0.0273 e. The first-order valence-electron chi connectivity index (χ1n) is 4.37. The lowest BCUT2D eigenvalue weighted by molar-refractivity contribution is 0.851. The molecule has 0 aromatic carbocycles. The zero-order valence-electron chi connectivity index (χ0n) is 6.92. The van der Waals surface area contributed by atoms with Crippen LogP contribution >= 0.6 is 0 Å². The minimum Gasteiger partial charge on any atom is -0.0885 e. The molecule has 59 valence electrons. The molecule has 0 aromatic heterocycles. The Labute approximate surface area is 69.3 Å². The Morgan fingerprint density at radius 2 is 1.73 bits per heavy atom. The predicted molar refractivity (Wildman–Crippen MR) is 49.2 cm³/mol. The second-order valence-electron chi connectivity index (χ2n) is 2.74. The Morgan fingerprint density at radius 1 is 0.909 bits per heavy atom. The molecular weight excluding hydrogens is 132 g/mol. The van der Waals surface area contributed by atoms with E-state index in [0.717, 1.165) is 12.8 Å². The van der Waals surface area contributed by atoms with Crippen molar-refractivity contribution >= 4 is 0 Å². The Balaban J connectivity index is 2.34. The highest BCUT2D eigenvalue weighted by Crippen LogP contribution is 2.01. The molecule has 0 saturated carbocycles. The standard InChI is InChI=1S/C11H15/c1-2-4-6-8-10-11-9-7-5-3-1/h1-3,8,10H,4,6-7,9,11H2. The van der Waals surface area contributed by atoms with E-state index in [2.05, 4.69) is 30.4 Å². The number of rotatable bonds is 0. The van der Waals surface area contributed by atoms with Crippen molar-refractivity contribution in [1.82, 2.24) is 0 Å². The molecule has 1 rings (SSSR count). The van der Waals surface area contributed by atoms with Gasteiger partial charge in [0, 0.05) is 0 Å². The van der Waals surface area contributed by atoms with Gasteiger partial charge in [0.15, 0.2) is 0 Å². The normalized spacial score (nSPS) is 19.6. The van der Waals surface area contributed by atoms with Crippen LogP contribution in [0.4, 0.5) is 0 Å². The largest absolute Gasteiger partial charge is 0.0885 e. The number of hydrogen-bond acceptors (Lipinski definition) is 0. The summed E-state index contributed by atoms with van der Waals surface area (Å²) in [7, 11) is 0. The van der Waals surface area contributed by atoms with Crippen molar-refractivity contribution in [1.29, 1.82) is 0 Å². The molecule has 0 aromatic rings. The van der Waals surface area contributed by atoms with Gasteiger partial charge in [0.1, 0.15) is 0 Å². The zero-order chi connectivity index (χ0) is 7.78. The lowest BCUT2D eigenvalue weighted by atomic mass is 10.2. The number of allylic oxidation sites excluding steroid dienone is 6. The van der Waals surface area contributed by atoms with Crippen LogP contribution < -0.4 is 0 Å². The molecule has 0 heteroatoms. The van der Waals surface area contributed by atoms with Gasteiger partial charge in [0.2, 0.25) is 0 Å². The summed E-state index contributed by atoms with van der Waals surface area (Å²) >= 11 is 0. The Morgan fingerprint density at radius 3 is 2.73 bits per heavy atom. The van der Waals surface area contributed by atoms with Crippen LogP contribution in [-0.2, 0) is 0 Å². The van der Waals surface area contributed by atoms with Gasteiger partial charge >= 0.3 is 0 Å². The first-order chi connectivity index (χ1) is 5.50. The minimum atomic E-state index is 1.09. The van der Waals surface area contributed by atoms with Crippen LogP contribution in [0, 0.1) is 6.08 Å². The molecule has 0 spiro atoms. The molecule has 0 amide bonds. The Hall–Kier alpha value is -0.780. The van der Waals surface area contributed by atoms with Crippen molar-refractivity contribution in [3.8, 4) is 0 Å². The van der Waals surface area contributed by atoms with Crippen molar-refractivity contribution in [2.75, 3.05) is 0 Å². The second-order valence-corrected chi connectivity index (χ2v) is 2.74. The molecule has 0 atom stereocenters. The van der Waals surface area contributed by atoms with Crippen molar-refractivity contribution in [3.63, 3.8) is 0 Å². The van der Waals surface area contributed by atoms with E-state index in [1.165, 1.54) is 19.3 Å². The summed E-state index contributed by atoms with van der Waals surface area (Å²) in [5.74, 6) is 0. The van der Waals surface area contributed by atoms with Crippen molar-refractivity contribution in [2.24, 2.45) is 0 Å². The summed E-state index contributed by atoms with van der Waals surface area (Å²) < 4.78 is 0. The van der Waals surface area contributed by atoms with E-state index in [0.29, 0.717) is 0 Å². The summed E-state index contributed by atoms with van der Waals surface area (Å²) in [6.45, 7) is 0. The van der Waals surface area contributed by atoms with Gasteiger partial charge in [0.05, 0.1) is 0 Å². The fourth-order valence-electron chi connectivity index (χ4n) is 1.07. The fraction of sp³-hybridized carbons (Fsp3) is 0.455. The van der Waals surface area contributed by atoms with Crippen LogP contribution in [0.1, 0.15) is 32.1 Å². The highest BCUT2D eigenvalue weighted by atomic mass is 13.9. The highest BCUT2D eigenvalue weighted by molar-refractivity contribution is 5.00. The van der Waals surface area contributed by atoms with E-state index < -0.39 is 0 Å². The first-order valence-corrected chi connectivity index (χ1v) is 4.37. The van der Waals surface area contributed by atoms with Gasteiger partial charge in [-0.05, 0) is 38.2 Å². The van der Waals surface area contributed by atoms with E-state index >= 15 is 0 Å². The van der Waals surface area contributed by atoms with Crippen molar-refractivity contribution in [2.45, 2.75) is 32.1 Å². The van der Waals surface area contributed by atoms with Crippen LogP contribution in [0.3, 0.4) is 0 Å². The molecule has 0 heterocycles. The summed E-state index contributed by atoms with van der Waals surface area (Å²) in [6, 6.07) is 0. The lowest BCUT2D eigenvalue weighted by Gasteiger charge is -1.87. The topological polar surface area (TPSA) is 0 Å². The first kappa shape index (κ1) is 8.32. The van der Waals surface area contributed by atoms with Gasteiger partial charge in [-0.3, -0.25) is 0 Å². The summed E-state index contributed by atoms with van der Waals surface area (Å²) in [4.78, 5) is 0. The third-order valence-electron chi connectivity index (χ3n) is 1.71. The quantitative estimate of drug-likeness (QED) is 0.460. The molecule has 1 aliphatic carbocycles. The SMILES string of the molecule is [C]1=CC=CCCC=CCCC1. The molecule has 1 radical (unpaired) electrons. The van der Waals surface area contributed by atoms with Gasteiger partial charge in [-0.25, -0.2) is 0 Å². The molecule has 0 saturated heterocycles. The maximum atomic E-state index is 3.24. The van der Waals surface area contributed by atoms with Gasteiger partial charge in [-0.2, -0.15) is 0 Å². The van der Waals surface area contributed by atoms with Gasteiger partial charge in [0.25, 0.3) is 0 Å². The molecule has 0 aliphatic heterocycles. The summed E-state index contributed by atoms with van der Waals surface area (Å²) in [5.41, 5.74) is 0. The second kappa shape index (κ2) is 5.96. The molecule has 0 fully saturated rings. The van der Waals surface area contributed by atoms with E-state index in [1.807, 2.05) is 6.08 Å². The summed E-state index contributed by atoms with van der Waals surface area (Å²) in [6.07, 6.45) is 20.0. The zero-order valence-corrected chi connectivity index (χ0v) is 6.92. The van der Waals surface area contributed by atoms with E-state index in [-0.39, 0.29) is 0 Å². The average molecular weight is 147 g/mol. The molecular formula is C11H15. The molecule has 0 nitrogen and oxygen atoms in total. The Kier molecular flexibility index (Phi) is 4.51. The number of hydrogen-bond donors (Lipinski definition) is 0. The molecule has 0 N–H and O–H groups in total. The summed E-state index contributed by atoms with van der Waals surface area (Å²) in [5, 5.41) is 0. The maximum absolute atomic E-state index is 3.24. The third kappa shape index (κ3) is 4.60. The van der Waals surface area contributed by atoms with E-state index in [1.54, 1.807) is 0 Å². The lowest BCUT2D eigenvalue weighted by Crippen LogP contribution is -1.68. The molecule has 11 heavy (non-hydrogen) atoms. The molecule has 1 aliphatic rings. The molecule has 0 unspecified atom stereocenters. The van der Waals surface area contributed by atoms with E-state index in [9.17, 15) is 0 Å². The smallest absolute Gasteiger partial charge is 0.0273 e. The fourth-order valence-corrected chi connectivity index (χ4v) is 1.07. The van der Waals surface area contributed by atoms with Crippen LogP contribution in [0.15, 0.2) is 30.4 Å². The van der Waals surface area contributed by atoms with Gasteiger partial charge in [-0.1, -0.05) is 30.4 Å². The van der Waals surface area contributed by atoms with Gasteiger partial charge < -0.3 is 0 Å². The van der Waals surface area contributed by atoms with E-state index in [4.69, 9.17) is 0 Å². The van der Waals surface area contributed by atoms with Crippen molar-refractivity contribution in [3.05, 3.63) is 36.5 Å². The predicted octanol–water partition coefficient (Wildman–Crippen LogP) is 3.42.